The van der Waals surface area contributed by atoms with Crippen molar-refractivity contribution >= 4 is 30.0 Å². The lowest BCUT2D eigenvalue weighted by molar-refractivity contribution is -0.149. The van der Waals surface area contributed by atoms with Crippen LogP contribution in [0.3, 0.4) is 0 Å². The van der Waals surface area contributed by atoms with E-state index in [1.807, 2.05) is 13.0 Å². The predicted molar refractivity (Wildman–Crippen MR) is 98.5 cm³/mol. The van der Waals surface area contributed by atoms with Crippen LogP contribution in [0.15, 0.2) is 18.2 Å². The van der Waals surface area contributed by atoms with E-state index < -0.39 is 0 Å². The summed E-state index contributed by atoms with van der Waals surface area (Å²) < 4.78 is 10.5. The number of fused-ring (bicyclic) bond motifs is 1. The molecule has 0 N–H and O–H groups in total. The lowest BCUT2D eigenvalue weighted by Crippen LogP contribution is -2.39. The Bertz CT molecular complexity index is 615. The van der Waals surface area contributed by atoms with Crippen LogP contribution >= 0.6 is 12.4 Å². The first-order chi connectivity index (χ1) is 11.2. The number of rotatable bonds is 6. The first-order valence-electron chi connectivity index (χ1n) is 8.49. The monoisotopic (exact) mass is 351 g/mol. The van der Waals surface area contributed by atoms with Gasteiger partial charge in [-0.1, -0.05) is 12.1 Å². The Kier molecular flexibility index (Phi) is 6.69. The van der Waals surface area contributed by atoms with Gasteiger partial charge in [-0.3, -0.25) is 4.79 Å². The van der Waals surface area contributed by atoms with E-state index in [1.165, 1.54) is 16.7 Å². The molecular weight excluding hydrogens is 326 g/mol. The summed E-state index contributed by atoms with van der Waals surface area (Å²) in [4.78, 5) is 14.3. The highest BCUT2D eigenvalue weighted by molar-refractivity contribution is 5.96. The van der Waals surface area contributed by atoms with E-state index in [2.05, 4.69) is 23.1 Å². The molecule has 5 heteroatoms. The number of hydrogen-bond donors (Lipinski definition) is 0. The number of halogens is 1. The fraction of sp³-hybridized carbons (Fsp3) is 0.526. The number of hydrogen-bond acceptors (Lipinski definition) is 4. The third-order valence-electron chi connectivity index (χ3n) is 4.76. The first kappa shape index (κ1) is 18.8. The normalized spacial score (nSPS) is 19.4. The fourth-order valence-electron chi connectivity index (χ4n) is 3.45. The number of piperidine rings is 1. The van der Waals surface area contributed by atoms with Gasteiger partial charge in [-0.25, -0.2) is 0 Å². The van der Waals surface area contributed by atoms with Crippen molar-refractivity contribution in [3.8, 4) is 5.75 Å². The van der Waals surface area contributed by atoms with Crippen molar-refractivity contribution in [1.82, 2.24) is 4.90 Å². The van der Waals surface area contributed by atoms with Crippen LogP contribution in [0.4, 0.5) is 0 Å². The van der Waals surface area contributed by atoms with Crippen LogP contribution in [0, 0.1) is 5.92 Å². The van der Waals surface area contributed by atoms with Crippen LogP contribution in [0.1, 0.15) is 37.3 Å². The number of ether oxygens (including phenoxy) is 2. The Labute approximate surface area is 150 Å². The Morgan fingerprint density at radius 3 is 2.96 bits per heavy atom. The summed E-state index contributed by atoms with van der Waals surface area (Å²) in [7, 11) is 1.70. The number of carbonyl (C=O) groups is 1. The Hall–Kier alpha value is -1.52. The maximum Gasteiger partial charge on any atom is 0.310 e. The molecule has 4 nitrogen and oxygen atoms in total. The van der Waals surface area contributed by atoms with E-state index in [0.29, 0.717) is 6.61 Å². The van der Waals surface area contributed by atoms with E-state index in [9.17, 15) is 4.79 Å². The summed E-state index contributed by atoms with van der Waals surface area (Å²) >= 11 is 0. The number of carbonyl (C=O) groups excluding carboxylic acids is 1. The van der Waals surface area contributed by atoms with Gasteiger partial charge in [0.25, 0.3) is 0 Å². The van der Waals surface area contributed by atoms with Gasteiger partial charge in [-0.05, 0) is 61.6 Å². The smallest absolute Gasteiger partial charge is 0.310 e. The third-order valence-corrected chi connectivity index (χ3v) is 4.76. The van der Waals surface area contributed by atoms with Gasteiger partial charge in [-0.2, -0.15) is 0 Å². The highest BCUT2D eigenvalue weighted by atomic mass is 35.5. The van der Waals surface area contributed by atoms with Crippen molar-refractivity contribution in [2.24, 2.45) is 5.92 Å². The number of esters is 1. The summed E-state index contributed by atoms with van der Waals surface area (Å²) in [6.45, 7) is 5.25. The molecule has 24 heavy (non-hydrogen) atoms. The van der Waals surface area contributed by atoms with Crippen molar-refractivity contribution in [1.29, 1.82) is 0 Å². The van der Waals surface area contributed by atoms with Gasteiger partial charge < -0.3 is 14.4 Å². The van der Waals surface area contributed by atoms with Crippen LogP contribution in [-0.4, -0.2) is 44.2 Å². The van der Waals surface area contributed by atoms with E-state index >= 15 is 0 Å². The van der Waals surface area contributed by atoms with Gasteiger partial charge in [0.1, 0.15) is 5.75 Å². The van der Waals surface area contributed by atoms with Crippen molar-refractivity contribution < 1.29 is 14.3 Å². The molecule has 1 unspecified atom stereocenters. The van der Waals surface area contributed by atoms with Crippen LogP contribution < -0.4 is 4.74 Å². The van der Waals surface area contributed by atoms with Crippen LogP contribution in [0.2, 0.25) is 0 Å². The molecule has 1 aliphatic heterocycles. The minimum atomic E-state index is -0.0323. The Morgan fingerprint density at radius 2 is 2.21 bits per heavy atom. The second-order valence-electron chi connectivity index (χ2n) is 6.26. The molecule has 0 aromatic heterocycles. The lowest BCUT2D eigenvalue weighted by Gasteiger charge is -2.32. The van der Waals surface area contributed by atoms with Gasteiger partial charge in [-0.15, -0.1) is 12.4 Å². The van der Waals surface area contributed by atoms with Gasteiger partial charge in [0, 0.05) is 13.1 Å². The summed E-state index contributed by atoms with van der Waals surface area (Å²) in [5, 5.41) is 0. The van der Waals surface area contributed by atoms with Crippen LogP contribution in [-0.2, 0) is 9.53 Å². The zero-order valence-corrected chi connectivity index (χ0v) is 15.2. The van der Waals surface area contributed by atoms with E-state index in [1.54, 1.807) is 7.11 Å². The van der Waals surface area contributed by atoms with Crippen molar-refractivity contribution in [2.75, 3.05) is 33.4 Å². The second kappa shape index (κ2) is 8.54. The highest BCUT2D eigenvalue weighted by Crippen LogP contribution is 2.37. The number of likely N-dealkylation sites (tertiary alicyclic amines) is 1. The average Bonchev–Trinajstić information content (AvgIpc) is 2.56. The molecule has 3 rings (SSSR count). The number of nitrogens with zero attached hydrogens (tertiary/aromatic N) is 1. The minimum absolute atomic E-state index is 0. The topological polar surface area (TPSA) is 38.8 Å². The van der Waals surface area contributed by atoms with E-state index in [-0.39, 0.29) is 24.3 Å². The van der Waals surface area contributed by atoms with Crippen molar-refractivity contribution in [3.63, 3.8) is 0 Å². The summed E-state index contributed by atoms with van der Waals surface area (Å²) in [6.07, 6.45) is 5.31. The molecule has 2 aliphatic rings. The molecule has 1 saturated heterocycles. The molecule has 0 bridgehead atoms. The predicted octanol–water partition coefficient (Wildman–Crippen LogP) is 3.64. The molecule has 1 aromatic rings. The van der Waals surface area contributed by atoms with Gasteiger partial charge in [0.05, 0.1) is 19.6 Å². The van der Waals surface area contributed by atoms with Gasteiger partial charge >= 0.3 is 5.97 Å². The zero-order chi connectivity index (χ0) is 16.2. The summed E-state index contributed by atoms with van der Waals surface area (Å²) in [6, 6.07) is 6.22. The zero-order valence-electron chi connectivity index (χ0n) is 14.4. The summed E-state index contributed by atoms with van der Waals surface area (Å²) in [5.41, 5.74) is 3.99. The molecule has 1 aliphatic carbocycles. The Balaban J connectivity index is 0.00000208. The molecule has 1 fully saturated rings. The molecule has 132 valence electrons. The first-order valence-corrected chi connectivity index (χ1v) is 8.49. The van der Waals surface area contributed by atoms with Gasteiger partial charge in [0.2, 0.25) is 0 Å². The van der Waals surface area contributed by atoms with Crippen LogP contribution in [0.25, 0.3) is 11.6 Å². The number of methoxy groups -OCH3 is 1. The quantitative estimate of drug-likeness (QED) is 0.733. The van der Waals surface area contributed by atoms with Crippen LogP contribution in [0.5, 0.6) is 5.75 Å². The van der Waals surface area contributed by atoms with Crippen molar-refractivity contribution in [2.45, 2.75) is 26.2 Å². The van der Waals surface area contributed by atoms with E-state index in [4.69, 9.17) is 9.47 Å². The lowest BCUT2D eigenvalue weighted by atomic mass is 9.86. The van der Waals surface area contributed by atoms with Gasteiger partial charge in [0.15, 0.2) is 0 Å². The third kappa shape index (κ3) is 4.11. The molecule has 1 heterocycles. The molecular formula is C19H26ClNO3. The maximum atomic E-state index is 11.9. The molecule has 1 aromatic carbocycles. The second-order valence-corrected chi connectivity index (χ2v) is 6.26. The highest BCUT2D eigenvalue weighted by Gasteiger charge is 2.27. The number of benzene rings is 1. The standard InChI is InChI=1S/C19H25NO3.ClH/c1-3-23-19(21)16-5-4-9-20(13-16)10-8-15-11-14-6-7-17(22-2)12-18(14)15;/h6-7,11-12,16H,3-5,8-10,13H2,1-2H3;1H. The molecule has 0 spiro atoms. The molecule has 0 saturated carbocycles. The summed E-state index contributed by atoms with van der Waals surface area (Å²) in [5.74, 6) is 0.927. The Morgan fingerprint density at radius 1 is 1.38 bits per heavy atom. The molecule has 1 atom stereocenters. The SMILES string of the molecule is CCOC(=O)C1CCCN(CCC2=Cc3ccc(OC)cc32)C1.Cl. The minimum Gasteiger partial charge on any atom is -0.497 e. The fourth-order valence-corrected chi connectivity index (χ4v) is 3.45. The van der Waals surface area contributed by atoms with Crippen molar-refractivity contribution in [3.05, 3.63) is 29.3 Å². The molecule has 0 amide bonds. The van der Waals surface area contributed by atoms with E-state index in [0.717, 1.165) is 44.6 Å². The average molecular weight is 352 g/mol. The maximum absolute atomic E-state index is 11.9. The largest absolute Gasteiger partial charge is 0.497 e. The molecule has 0 radical (unpaired) electrons.